The van der Waals surface area contributed by atoms with E-state index in [9.17, 15) is 10.2 Å². The van der Waals surface area contributed by atoms with Gasteiger partial charge in [-0.2, -0.15) is 0 Å². The molecule has 22 heavy (non-hydrogen) atoms. The molecule has 0 unspecified atom stereocenters. The van der Waals surface area contributed by atoms with E-state index in [2.05, 4.69) is 18.2 Å². The standard InChI is InChI=1S/C20H12O2/c21-16-10-12-5-3-4-11-8-9-14-13-6-1-2-7-15(13)20(22)19(16)18(14)17(11)12/h1-10,21-22H. The van der Waals surface area contributed by atoms with Crippen LogP contribution in [0.3, 0.4) is 0 Å². The maximum absolute atomic E-state index is 10.7. The van der Waals surface area contributed by atoms with E-state index in [1.807, 2.05) is 36.4 Å². The summed E-state index contributed by atoms with van der Waals surface area (Å²) in [5, 5.41) is 28.7. The molecule has 2 N–H and O–H groups in total. The molecule has 2 heteroatoms. The lowest BCUT2D eigenvalue weighted by molar-refractivity contribution is 0.467. The third kappa shape index (κ3) is 1.25. The van der Waals surface area contributed by atoms with Crippen LogP contribution in [0.2, 0.25) is 0 Å². The van der Waals surface area contributed by atoms with Gasteiger partial charge in [0.05, 0.1) is 5.39 Å². The molecule has 0 aromatic heterocycles. The number of fused-ring (bicyclic) bond motifs is 2. The van der Waals surface area contributed by atoms with Gasteiger partial charge in [0, 0.05) is 10.8 Å². The molecule has 0 atom stereocenters. The second-order valence-electron chi connectivity index (χ2n) is 5.73. The molecule has 0 amide bonds. The first kappa shape index (κ1) is 11.6. The van der Waals surface area contributed by atoms with E-state index in [1.165, 1.54) is 0 Å². The Balaban J connectivity index is 2.28. The predicted molar refractivity (Wildman–Crippen MR) is 91.0 cm³/mol. The summed E-state index contributed by atoms with van der Waals surface area (Å²) in [6.45, 7) is 0. The van der Waals surface area contributed by atoms with Crippen molar-refractivity contribution in [3.8, 4) is 11.5 Å². The van der Waals surface area contributed by atoms with Crippen LogP contribution >= 0.6 is 0 Å². The number of phenolic OH excluding ortho intramolecular Hbond substituents is 2. The lowest BCUT2D eigenvalue weighted by Gasteiger charge is -2.15. The topological polar surface area (TPSA) is 40.5 Å². The van der Waals surface area contributed by atoms with Crippen molar-refractivity contribution < 1.29 is 10.2 Å². The number of phenols is 2. The minimum atomic E-state index is 0.124. The predicted octanol–water partition coefficient (Wildman–Crippen LogP) is 5.15. The summed E-state index contributed by atoms with van der Waals surface area (Å²) < 4.78 is 0. The van der Waals surface area contributed by atoms with E-state index in [-0.39, 0.29) is 11.5 Å². The Kier molecular flexibility index (Phi) is 2.01. The zero-order valence-electron chi connectivity index (χ0n) is 11.7. The zero-order chi connectivity index (χ0) is 14.8. The molecular formula is C20H12O2. The molecule has 104 valence electrons. The monoisotopic (exact) mass is 284 g/mol. The number of hydrogen-bond acceptors (Lipinski definition) is 2. The second kappa shape index (κ2) is 3.80. The summed E-state index contributed by atoms with van der Waals surface area (Å²) >= 11 is 0. The Morgan fingerprint density at radius 2 is 1.32 bits per heavy atom. The van der Waals surface area contributed by atoms with Crippen LogP contribution in [-0.2, 0) is 0 Å². The Morgan fingerprint density at radius 3 is 2.18 bits per heavy atom. The van der Waals surface area contributed by atoms with Crippen LogP contribution in [0.25, 0.3) is 43.1 Å². The van der Waals surface area contributed by atoms with Crippen molar-refractivity contribution in [1.82, 2.24) is 0 Å². The van der Waals surface area contributed by atoms with Crippen LogP contribution in [-0.4, -0.2) is 10.2 Å². The molecule has 2 nitrogen and oxygen atoms in total. The Bertz CT molecular complexity index is 1190. The molecule has 0 spiro atoms. The third-order valence-electron chi connectivity index (χ3n) is 4.59. The summed E-state index contributed by atoms with van der Waals surface area (Å²) in [4.78, 5) is 0. The SMILES string of the molecule is Oc1cc2cccc3ccc4c5ccccc5c(O)c1c4c32. The van der Waals surface area contributed by atoms with E-state index in [1.54, 1.807) is 6.07 Å². The third-order valence-corrected chi connectivity index (χ3v) is 4.59. The van der Waals surface area contributed by atoms with Crippen LogP contribution in [0.5, 0.6) is 11.5 Å². The van der Waals surface area contributed by atoms with Crippen LogP contribution < -0.4 is 0 Å². The largest absolute Gasteiger partial charge is 0.507 e. The van der Waals surface area contributed by atoms with Gasteiger partial charge in [0.15, 0.2) is 0 Å². The average Bonchev–Trinajstić information content (AvgIpc) is 2.55. The van der Waals surface area contributed by atoms with E-state index in [0.29, 0.717) is 5.39 Å². The quantitative estimate of drug-likeness (QED) is 0.305. The highest BCUT2D eigenvalue weighted by Gasteiger charge is 2.18. The highest BCUT2D eigenvalue weighted by atomic mass is 16.3. The molecule has 0 heterocycles. The highest BCUT2D eigenvalue weighted by Crippen LogP contribution is 2.47. The fraction of sp³-hybridized carbons (Fsp3) is 0. The van der Waals surface area contributed by atoms with Gasteiger partial charge < -0.3 is 10.2 Å². The van der Waals surface area contributed by atoms with Gasteiger partial charge in [0.2, 0.25) is 0 Å². The summed E-state index contributed by atoms with van der Waals surface area (Å²) in [7, 11) is 0. The smallest absolute Gasteiger partial charge is 0.135 e. The molecule has 5 aromatic rings. The first-order chi connectivity index (χ1) is 10.8. The molecule has 0 aliphatic carbocycles. The van der Waals surface area contributed by atoms with Gasteiger partial charge in [-0.3, -0.25) is 0 Å². The van der Waals surface area contributed by atoms with Gasteiger partial charge in [-0.05, 0) is 33.0 Å². The molecule has 5 aromatic carbocycles. The molecule has 0 saturated carbocycles. The van der Waals surface area contributed by atoms with Gasteiger partial charge in [-0.1, -0.05) is 54.6 Å². The molecule has 0 saturated heterocycles. The van der Waals surface area contributed by atoms with E-state index >= 15 is 0 Å². The minimum absolute atomic E-state index is 0.124. The van der Waals surface area contributed by atoms with Crippen LogP contribution in [0, 0.1) is 0 Å². The van der Waals surface area contributed by atoms with Crippen molar-refractivity contribution >= 4 is 43.1 Å². The van der Waals surface area contributed by atoms with Crippen molar-refractivity contribution in [1.29, 1.82) is 0 Å². The van der Waals surface area contributed by atoms with E-state index < -0.39 is 0 Å². The molecule has 0 fully saturated rings. The summed E-state index contributed by atoms with van der Waals surface area (Å²) in [6.07, 6.45) is 0. The minimum Gasteiger partial charge on any atom is -0.507 e. The maximum atomic E-state index is 10.7. The summed E-state index contributed by atoms with van der Waals surface area (Å²) in [5.41, 5.74) is 0. The number of aromatic hydroxyl groups is 2. The Morgan fingerprint density at radius 1 is 0.545 bits per heavy atom. The number of hydrogen-bond donors (Lipinski definition) is 2. The second-order valence-corrected chi connectivity index (χ2v) is 5.73. The highest BCUT2D eigenvalue weighted by molar-refractivity contribution is 6.32. The molecule has 0 bridgehead atoms. The lowest BCUT2D eigenvalue weighted by atomic mass is 9.90. The van der Waals surface area contributed by atoms with Crippen molar-refractivity contribution in [2.45, 2.75) is 0 Å². The van der Waals surface area contributed by atoms with Crippen molar-refractivity contribution in [3.63, 3.8) is 0 Å². The first-order valence-electron chi connectivity index (χ1n) is 7.26. The first-order valence-corrected chi connectivity index (χ1v) is 7.26. The van der Waals surface area contributed by atoms with Crippen molar-refractivity contribution in [2.75, 3.05) is 0 Å². The summed E-state index contributed by atoms with van der Waals surface area (Å²) in [6, 6.07) is 19.7. The Labute approximate surface area is 126 Å². The van der Waals surface area contributed by atoms with Crippen LogP contribution in [0.15, 0.2) is 60.7 Å². The Hall–Kier alpha value is -3.00. The van der Waals surface area contributed by atoms with Gasteiger partial charge in [-0.25, -0.2) is 0 Å². The zero-order valence-corrected chi connectivity index (χ0v) is 11.7. The average molecular weight is 284 g/mol. The molecule has 0 aliphatic rings. The molecular weight excluding hydrogens is 272 g/mol. The van der Waals surface area contributed by atoms with Crippen molar-refractivity contribution in [2.24, 2.45) is 0 Å². The van der Waals surface area contributed by atoms with Gasteiger partial charge in [0.25, 0.3) is 0 Å². The van der Waals surface area contributed by atoms with Crippen LogP contribution in [0.1, 0.15) is 0 Å². The van der Waals surface area contributed by atoms with Gasteiger partial charge in [-0.15, -0.1) is 0 Å². The van der Waals surface area contributed by atoms with Gasteiger partial charge in [0.1, 0.15) is 11.5 Å². The fourth-order valence-electron chi connectivity index (χ4n) is 3.66. The molecule has 0 aliphatic heterocycles. The molecule has 5 rings (SSSR count). The number of benzene rings is 5. The van der Waals surface area contributed by atoms with Gasteiger partial charge >= 0.3 is 0 Å². The van der Waals surface area contributed by atoms with Crippen LogP contribution in [0.4, 0.5) is 0 Å². The lowest BCUT2D eigenvalue weighted by Crippen LogP contribution is -1.87. The van der Waals surface area contributed by atoms with Crippen molar-refractivity contribution in [3.05, 3.63) is 60.7 Å². The normalized spacial score (nSPS) is 12.0. The van der Waals surface area contributed by atoms with E-state index in [4.69, 9.17) is 0 Å². The van der Waals surface area contributed by atoms with E-state index in [0.717, 1.165) is 37.7 Å². The maximum Gasteiger partial charge on any atom is 0.135 e. The fourth-order valence-corrected chi connectivity index (χ4v) is 3.66. The molecule has 0 radical (unpaired) electrons. The number of rotatable bonds is 0. The summed E-state index contributed by atoms with van der Waals surface area (Å²) in [5.74, 6) is 0.276.